The van der Waals surface area contributed by atoms with Crippen LogP contribution in [0.3, 0.4) is 0 Å². The molecule has 0 saturated heterocycles. The Hall–Kier alpha value is -1.06. The lowest BCUT2D eigenvalue weighted by atomic mass is 10.1. The number of unbranched alkanes of at least 4 members (excludes halogenated alkanes) is 7. The summed E-state index contributed by atoms with van der Waals surface area (Å²) in [5, 5.41) is 0. The van der Waals surface area contributed by atoms with Crippen molar-refractivity contribution >= 4 is 11.9 Å². The Morgan fingerprint density at radius 3 is 2.00 bits per heavy atom. The van der Waals surface area contributed by atoms with Crippen molar-refractivity contribution in [2.45, 2.75) is 91.1 Å². The van der Waals surface area contributed by atoms with E-state index in [1.807, 2.05) is 0 Å². The number of carbonyl (C=O) groups excluding carboxylic acids is 2. The molecule has 0 N–H and O–H groups in total. The van der Waals surface area contributed by atoms with Crippen LogP contribution in [0.25, 0.3) is 0 Å². The van der Waals surface area contributed by atoms with Crippen molar-refractivity contribution < 1.29 is 19.1 Å². The van der Waals surface area contributed by atoms with Crippen LogP contribution in [-0.2, 0) is 19.1 Å². The second kappa shape index (κ2) is 13.9. The smallest absolute Gasteiger partial charge is 0.305 e. The third-order valence-electron chi connectivity index (χ3n) is 3.43. The van der Waals surface area contributed by atoms with E-state index in [9.17, 15) is 9.59 Å². The van der Waals surface area contributed by atoms with Gasteiger partial charge in [0.2, 0.25) is 0 Å². The topological polar surface area (TPSA) is 52.6 Å². The van der Waals surface area contributed by atoms with Crippen LogP contribution >= 0.6 is 0 Å². The third kappa shape index (κ3) is 13.7. The van der Waals surface area contributed by atoms with E-state index in [1.54, 1.807) is 6.92 Å². The van der Waals surface area contributed by atoms with Gasteiger partial charge in [-0.25, -0.2) is 0 Å². The summed E-state index contributed by atoms with van der Waals surface area (Å²) >= 11 is 0. The van der Waals surface area contributed by atoms with E-state index >= 15 is 0 Å². The van der Waals surface area contributed by atoms with Gasteiger partial charge in [0.1, 0.15) is 12.7 Å². The normalized spacial score (nSPS) is 12.0. The van der Waals surface area contributed by atoms with E-state index in [0.717, 1.165) is 19.3 Å². The van der Waals surface area contributed by atoms with Crippen LogP contribution in [0.5, 0.6) is 0 Å². The fourth-order valence-corrected chi connectivity index (χ4v) is 2.20. The Labute approximate surface area is 129 Å². The van der Waals surface area contributed by atoms with Crippen molar-refractivity contribution in [1.82, 2.24) is 0 Å². The van der Waals surface area contributed by atoms with Crippen LogP contribution in [0, 0.1) is 0 Å². The van der Waals surface area contributed by atoms with Gasteiger partial charge < -0.3 is 9.47 Å². The molecule has 124 valence electrons. The molecule has 0 rings (SSSR count). The Morgan fingerprint density at radius 2 is 1.48 bits per heavy atom. The summed E-state index contributed by atoms with van der Waals surface area (Å²) in [5.74, 6) is -0.560. The molecule has 21 heavy (non-hydrogen) atoms. The Morgan fingerprint density at radius 1 is 0.905 bits per heavy atom. The number of hydrogen-bond donors (Lipinski definition) is 0. The Kier molecular flexibility index (Phi) is 13.2. The Bertz CT molecular complexity index is 276. The molecule has 0 aromatic rings. The van der Waals surface area contributed by atoms with Crippen molar-refractivity contribution in [3.63, 3.8) is 0 Å². The van der Waals surface area contributed by atoms with Crippen molar-refractivity contribution in [2.75, 3.05) is 6.61 Å². The third-order valence-corrected chi connectivity index (χ3v) is 3.43. The number of ether oxygens (including phenoxy) is 2. The monoisotopic (exact) mass is 300 g/mol. The van der Waals surface area contributed by atoms with Crippen molar-refractivity contribution in [3.8, 4) is 0 Å². The molecule has 0 aliphatic carbocycles. The van der Waals surface area contributed by atoms with Gasteiger partial charge in [-0.1, -0.05) is 58.8 Å². The summed E-state index contributed by atoms with van der Waals surface area (Å²) in [6, 6.07) is 0. The van der Waals surface area contributed by atoms with Gasteiger partial charge in [0.25, 0.3) is 0 Å². The molecular formula is C17H32O4. The van der Waals surface area contributed by atoms with Crippen LogP contribution in [0.4, 0.5) is 0 Å². The molecule has 0 spiro atoms. The summed E-state index contributed by atoms with van der Waals surface area (Å²) in [5.41, 5.74) is 0. The van der Waals surface area contributed by atoms with E-state index in [2.05, 4.69) is 6.92 Å². The SMILES string of the molecule is CCCCCCCCCC[C@@H](COC(=O)CC)OC(C)=O. The number of rotatable bonds is 13. The molecular weight excluding hydrogens is 268 g/mol. The first kappa shape index (κ1) is 19.9. The van der Waals surface area contributed by atoms with Gasteiger partial charge in [0.15, 0.2) is 0 Å². The molecule has 0 aliphatic rings. The highest BCUT2D eigenvalue weighted by atomic mass is 16.6. The molecule has 0 aromatic heterocycles. The highest BCUT2D eigenvalue weighted by Gasteiger charge is 2.14. The van der Waals surface area contributed by atoms with Crippen LogP contribution in [0.1, 0.15) is 85.0 Å². The standard InChI is InChI=1S/C17H32O4/c1-4-6-7-8-9-10-11-12-13-16(21-15(3)18)14-20-17(19)5-2/h16H,4-14H2,1-3H3/t16-/m0/s1. The quantitative estimate of drug-likeness (QED) is 0.373. The molecule has 0 saturated carbocycles. The van der Waals surface area contributed by atoms with Gasteiger partial charge in [0, 0.05) is 13.3 Å². The van der Waals surface area contributed by atoms with Gasteiger partial charge in [-0.05, 0) is 12.8 Å². The number of esters is 2. The van der Waals surface area contributed by atoms with Crippen molar-refractivity contribution in [3.05, 3.63) is 0 Å². The van der Waals surface area contributed by atoms with Crippen LogP contribution in [0.2, 0.25) is 0 Å². The molecule has 4 nitrogen and oxygen atoms in total. The van der Waals surface area contributed by atoms with Gasteiger partial charge >= 0.3 is 11.9 Å². The Balaban J connectivity index is 3.70. The van der Waals surface area contributed by atoms with Gasteiger partial charge in [-0.15, -0.1) is 0 Å². The number of hydrogen-bond acceptors (Lipinski definition) is 4. The maximum Gasteiger partial charge on any atom is 0.305 e. The molecule has 1 atom stereocenters. The second-order valence-corrected chi connectivity index (χ2v) is 5.53. The second-order valence-electron chi connectivity index (χ2n) is 5.53. The minimum atomic E-state index is -0.313. The molecule has 4 heteroatoms. The van der Waals surface area contributed by atoms with E-state index in [-0.39, 0.29) is 24.6 Å². The first-order valence-electron chi connectivity index (χ1n) is 8.43. The zero-order valence-electron chi connectivity index (χ0n) is 14.0. The molecule has 0 unspecified atom stereocenters. The highest BCUT2D eigenvalue weighted by molar-refractivity contribution is 5.69. The summed E-state index contributed by atoms with van der Waals surface area (Å²) in [4.78, 5) is 22.2. The van der Waals surface area contributed by atoms with E-state index in [4.69, 9.17) is 9.47 Å². The molecule has 0 aromatic carbocycles. The highest BCUT2D eigenvalue weighted by Crippen LogP contribution is 2.12. The zero-order chi connectivity index (χ0) is 15.9. The van der Waals surface area contributed by atoms with E-state index in [1.165, 1.54) is 45.4 Å². The summed E-state index contributed by atoms with van der Waals surface area (Å²) in [7, 11) is 0. The maximum absolute atomic E-state index is 11.1. The van der Waals surface area contributed by atoms with Crippen LogP contribution in [0.15, 0.2) is 0 Å². The zero-order valence-corrected chi connectivity index (χ0v) is 14.0. The summed E-state index contributed by atoms with van der Waals surface area (Å²) in [6.45, 7) is 5.55. The van der Waals surface area contributed by atoms with Gasteiger partial charge in [-0.3, -0.25) is 9.59 Å². The lowest BCUT2D eigenvalue weighted by Crippen LogP contribution is -2.24. The predicted molar refractivity (Wildman–Crippen MR) is 84.0 cm³/mol. The molecule has 0 heterocycles. The summed E-state index contributed by atoms with van der Waals surface area (Å²) in [6.07, 6.45) is 10.7. The van der Waals surface area contributed by atoms with E-state index in [0.29, 0.717) is 6.42 Å². The average Bonchev–Trinajstić information content (AvgIpc) is 2.46. The van der Waals surface area contributed by atoms with Crippen LogP contribution in [-0.4, -0.2) is 24.6 Å². The van der Waals surface area contributed by atoms with Gasteiger partial charge in [0.05, 0.1) is 0 Å². The molecule has 0 fully saturated rings. The predicted octanol–water partition coefficient (Wildman–Crippen LogP) is 4.40. The van der Waals surface area contributed by atoms with Crippen molar-refractivity contribution in [2.24, 2.45) is 0 Å². The fraction of sp³-hybridized carbons (Fsp3) is 0.882. The fourth-order valence-electron chi connectivity index (χ4n) is 2.20. The first-order valence-corrected chi connectivity index (χ1v) is 8.43. The van der Waals surface area contributed by atoms with E-state index < -0.39 is 0 Å². The van der Waals surface area contributed by atoms with Crippen LogP contribution < -0.4 is 0 Å². The van der Waals surface area contributed by atoms with Gasteiger partial charge in [-0.2, -0.15) is 0 Å². The largest absolute Gasteiger partial charge is 0.462 e. The molecule has 0 radical (unpaired) electrons. The first-order chi connectivity index (χ1) is 10.1. The molecule has 0 amide bonds. The molecule has 0 aliphatic heterocycles. The molecule has 0 bridgehead atoms. The lowest BCUT2D eigenvalue weighted by molar-refractivity contribution is -0.157. The number of carbonyl (C=O) groups is 2. The minimum absolute atomic E-state index is 0.183. The summed E-state index contributed by atoms with van der Waals surface area (Å²) < 4.78 is 10.2. The average molecular weight is 300 g/mol. The maximum atomic E-state index is 11.1. The van der Waals surface area contributed by atoms with Crippen molar-refractivity contribution in [1.29, 1.82) is 0 Å². The lowest BCUT2D eigenvalue weighted by Gasteiger charge is -2.16. The minimum Gasteiger partial charge on any atom is -0.462 e.